The van der Waals surface area contributed by atoms with E-state index < -0.39 is 0 Å². The first kappa shape index (κ1) is 13.5. The molecule has 0 aromatic carbocycles. The summed E-state index contributed by atoms with van der Waals surface area (Å²) in [6, 6.07) is 0. The lowest BCUT2D eigenvalue weighted by atomic mass is 10.3. The Morgan fingerprint density at radius 1 is 1.31 bits per heavy atom. The van der Waals surface area contributed by atoms with Gasteiger partial charge in [0.2, 0.25) is 0 Å². The second-order valence-corrected chi connectivity index (χ2v) is 5.05. The number of ether oxygens (including phenoxy) is 1. The van der Waals surface area contributed by atoms with E-state index in [2.05, 4.69) is 22.4 Å². The Labute approximate surface area is 101 Å². The molecule has 1 N–H and O–H groups in total. The van der Waals surface area contributed by atoms with Crippen molar-refractivity contribution in [2.24, 2.45) is 0 Å². The van der Waals surface area contributed by atoms with E-state index in [0.717, 1.165) is 35.9 Å². The summed E-state index contributed by atoms with van der Waals surface area (Å²) in [5, 5.41) is 13.7. The molecule has 1 rings (SSSR count). The first-order chi connectivity index (χ1) is 7.72. The molecule has 0 aliphatic heterocycles. The van der Waals surface area contributed by atoms with Crippen LogP contribution in [-0.4, -0.2) is 29.4 Å². The molecule has 1 aromatic rings. The molecule has 0 radical (unpaired) electrons. The van der Waals surface area contributed by atoms with Crippen LogP contribution in [0.2, 0.25) is 0 Å². The molecule has 1 aromatic heterocycles. The molecule has 0 unspecified atom stereocenters. The Kier molecular flexibility index (Phi) is 6.52. The zero-order valence-corrected chi connectivity index (χ0v) is 11.1. The van der Waals surface area contributed by atoms with Crippen LogP contribution in [0.1, 0.15) is 37.2 Å². The maximum absolute atomic E-state index is 5.48. The number of nitrogens with one attached hydrogen (secondary N) is 1. The molecule has 0 saturated carbocycles. The average molecular weight is 243 g/mol. The van der Waals surface area contributed by atoms with E-state index in [4.69, 9.17) is 4.74 Å². The van der Waals surface area contributed by atoms with Crippen molar-refractivity contribution in [3.8, 4) is 0 Å². The Morgan fingerprint density at radius 2 is 2.06 bits per heavy atom. The highest BCUT2D eigenvalue weighted by atomic mass is 32.1. The topological polar surface area (TPSA) is 47.0 Å². The van der Waals surface area contributed by atoms with Crippen molar-refractivity contribution < 1.29 is 4.74 Å². The van der Waals surface area contributed by atoms with Crippen LogP contribution < -0.4 is 5.32 Å². The third-order valence-electron chi connectivity index (χ3n) is 2.04. The fourth-order valence-electron chi connectivity index (χ4n) is 1.23. The molecular weight excluding hydrogens is 222 g/mol. The minimum atomic E-state index is 0.251. The summed E-state index contributed by atoms with van der Waals surface area (Å²) in [5.41, 5.74) is 0. The van der Waals surface area contributed by atoms with Gasteiger partial charge >= 0.3 is 0 Å². The second kappa shape index (κ2) is 7.70. The lowest BCUT2D eigenvalue weighted by Crippen LogP contribution is -2.14. The molecule has 0 amide bonds. The van der Waals surface area contributed by atoms with Gasteiger partial charge in [0.1, 0.15) is 16.6 Å². The van der Waals surface area contributed by atoms with Gasteiger partial charge < -0.3 is 10.1 Å². The summed E-state index contributed by atoms with van der Waals surface area (Å²) < 4.78 is 5.48. The van der Waals surface area contributed by atoms with Gasteiger partial charge in [-0.15, -0.1) is 10.2 Å². The van der Waals surface area contributed by atoms with E-state index in [9.17, 15) is 0 Å². The van der Waals surface area contributed by atoms with E-state index in [1.54, 1.807) is 11.3 Å². The maximum Gasteiger partial charge on any atom is 0.143 e. The molecule has 92 valence electrons. The number of nitrogens with zero attached hydrogens (tertiary/aromatic N) is 2. The third kappa shape index (κ3) is 5.53. The van der Waals surface area contributed by atoms with Gasteiger partial charge in [0.15, 0.2) is 0 Å². The van der Waals surface area contributed by atoms with Gasteiger partial charge in [0, 0.05) is 6.42 Å². The van der Waals surface area contributed by atoms with Gasteiger partial charge in [0.05, 0.1) is 6.10 Å². The highest BCUT2D eigenvalue weighted by Gasteiger charge is 2.04. The molecule has 0 aliphatic carbocycles. The number of rotatable bonds is 8. The monoisotopic (exact) mass is 243 g/mol. The molecule has 0 spiro atoms. The minimum absolute atomic E-state index is 0.251. The molecule has 16 heavy (non-hydrogen) atoms. The van der Waals surface area contributed by atoms with Crippen LogP contribution in [0.3, 0.4) is 0 Å². The van der Waals surface area contributed by atoms with Gasteiger partial charge in [-0.3, -0.25) is 0 Å². The predicted molar refractivity (Wildman–Crippen MR) is 66.7 cm³/mol. The highest BCUT2D eigenvalue weighted by Crippen LogP contribution is 2.13. The van der Waals surface area contributed by atoms with Crippen molar-refractivity contribution in [3.05, 3.63) is 10.0 Å². The third-order valence-corrected chi connectivity index (χ3v) is 3.00. The van der Waals surface area contributed by atoms with Crippen LogP contribution in [0.25, 0.3) is 0 Å². The van der Waals surface area contributed by atoms with Crippen LogP contribution in [0.4, 0.5) is 0 Å². The zero-order valence-electron chi connectivity index (χ0n) is 10.3. The van der Waals surface area contributed by atoms with Gasteiger partial charge in [-0.1, -0.05) is 18.3 Å². The molecule has 0 aliphatic rings. The normalized spacial score (nSPS) is 11.2. The van der Waals surface area contributed by atoms with E-state index >= 15 is 0 Å². The van der Waals surface area contributed by atoms with E-state index in [1.165, 1.54) is 0 Å². The van der Waals surface area contributed by atoms with Crippen LogP contribution in [-0.2, 0) is 17.8 Å². The SMILES string of the molecule is CCNCCCc1nnc(COC(C)C)s1. The second-order valence-electron chi connectivity index (χ2n) is 3.91. The van der Waals surface area contributed by atoms with Gasteiger partial charge in [-0.2, -0.15) is 0 Å². The molecule has 0 bridgehead atoms. The first-order valence-corrected chi connectivity index (χ1v) is 6.67. The molecule has 0 atom stereocenters. The zero-order chi connectivity index (χ0) is 11.8. The first-order valence-electron chi connectivity index (χ1n) is 5.86. The average Bonchev–Trinajstić information content (AvgIpc) is 2.70. The highest BCUT2D eigenvalue weighted by molar-refractivity contribution is 7.11. The van der Waals surface area contributed by atoms with Crippen molar-refractivity contribution in [1.82, 2.24) is 15.5 Å². The standard InChI is InChI=1S/C11H21N3OS/c1-4-12-7-5-6-10-13-14-11(16-10)8-15-9(2)3/h9,12H,4-8H2,1-3H3. The molecular formula is C11H21N3OS. The summed E-state index contributed by atoms with van der Waals surface area (Å²) in [6.45, 7) is 8.84. The Hall–Kier alpha value is -0.520. The molecule has 0 fully saturated rings. The van der Waals surface area contributed by atoms with Crippen molar-refractivity contribution in [2.45, 2.75) is 46.3 Å². The minimum Gasteiger partial charge on any atom is -0.372 e. The summed E-state index contributed by atoms with van der Waals surface area (Å²) in [6.07, 6.45) is 2.38. The fourth-order valence-corrected chi connectivity index (χ4v) is 2.04. The quantitative estimate of drug-likeness (QED) is 0.709. The van der Waals surface area contributed by atoms with E-state index in [-0.39, 0.29) is 6.10 Å². The summed E-state index contributed by atoms with van der Waals surface area (Å²) in [5.74, 6) is 0. The van der Waals surface area contributed by atoms with Crippen molar-refractivity contribution >= 4 is 11.3 Å². The van der Waals surface area contributed by atoms with Gasteiger partial charge in [0.25, 0.3) is 0 Å². The summed E-state index contributed by atoms with van der Waals surface area (Å²) in [7, 11) is 0. The van der Waals surface area contributed by atoms with Crippen molar-refractivity contribution in [1.29, 1.82) is 0 Å². The smallest absolute Gasteiger partial charge is 0.143 e. The number of aryl methyl sites for hydroxylation is 1. The van der Waals surface area contributed by atoms with Gasteiger partial charge in [-0.05, 0) is 33.4 Å². The van der Waals surface area contributed by atoms with Crippen LogP contribution in [0, 0.1) is 0 Å². The summed E-state index contributed by atoms with van der Waals surface area (Å²) in [4.78, 5) is 0. The Morgan fingerprint density at radius 3 is 2.75 bits per heavy atom. The predicted octanol–water partition coefficient (Wildman–Crippen LogP) is 2.01. The lowest BCUT2D eigenvalue weighted by molar-refractivity contribution is 0.0652. The number of hydrogen-bond donors (Lipinski definition) is 1. The van der Waals surface area contributed by atoms with E-state index in [1.807, 2.05) is 13.8 Å². The van der Waals surface area contributed by atoms with Crippen molar-refractivity contribution in [3.63, 3.8) is 0 Å². The largest absolute Gasteiger partial charge is 0.372 e. The Bertz CT molecular complexity index is 289. The van der Waals surface area contributed by atoms with E-state index in [0.29, 0.717) is 6.61 Å². The van der Waals surface area contributed by atoms with Crippen molar-refractivity contribution in [2.75, 3.05) is 13.1 Å². The van der Waals surface area contributed by atoms with Crippen LogP contribution in [0.5, 0.6) is 0 Å². The molecule has 5 heteroatoms. The molecule has 4 nitrogen and oxygen atoms in total. The number of aromatic nitrogens is 2. The molecule has 0 saturated heterocycles. The number of hydrogen-bond acceptors (Lipinski definition) is 5. The fraction of sp³-hybridized carbons (Fsp3) is 0.818. The molecule has 1 heterocycles. The van der Waals surface area contributed by atoms with Crippen LogP contribution >= 0.6 is 11.3 Å². The van der Waals surface area contributed by atoms with Gasteiger partial charge in [-0.25, -0.2) is 0 Å². The summed E-state index contributed by atoms with van der Waals surface area (Å²) >= 11 is 1.66. The Balaban J connectivity index is 2.22. The van der Waals surface area contributed by atoms with Crippen LogP contribution in [0.15, 0.2) is 0 Å². The maximum atomic E-state index is 5.48. The lowest BCUT2D eigenvalue weighted by Gasteiger charge is -2.03.